The lowest BCUT2D eigenvalue weighted by Gasteiger charge is -2.21. The van der Waals surface area contributed by atoms with E-state index in [4.69, 9.17) is 19.4 Å². The van der Waals surface area contributed by atoms with Gasteiger partial charge in [-0.05, 0) is 97.9 Å². The maximum Gasteiger partial charge on any atom is 0.164 e. The standard InChI is InChI=1S/C62H40N4O/c1-62(2)52-30-28-41(34-51(52)57-45-21-9-8-14-37(45)27-31-53(57)62)46-23-13-24-49-50-33-39-17-6-7-18-40(39)35-54(50)66(58(46)49)44-20-12-19-42(32-44)60-63-59(38-15-4-3-5-16-38)64-61(65-60)43-26-29-48-47-22-10-11-25-55(47)67-56(48)36-43/h3-36H,1-2H3. The molecule has 0 aliphatic heterocycles. The van der Waals surface area contributed by atoms with E-state index in [2.05, 4.69) is 170 Å². The number of benzene rings is 10. The van der Waals surface area contributed by atoms with E-state index in [0.29, 0.717) is 17.5 Å². The van der Waals surface area contributed by atoms with E-state index in [1.54, 1.807) is 0 Å². The van der Waals surface area contributed by atoms with E-state index in [0.717, 1.165) is 55.3 Å². The summed E-state index contributed by atoms with van der Waals surface area (Å²) in [7, 11) is 0. The summed E-state index contributed by atoms with van der Waals surface area (Å²) in [6, 6.07) is 73.9. The third-order valence-corrected chi connectivity index (χ3v) is 14.2. The Bertz CT molecular complexity index is 4200. The van der Waals surface area contributed by atoms with E-state index in [1.807, 2.05) is 54.6 Å². The fourth-order valence-corrected chi connectivity index (χ4v) is 10.9. The van der Waals surface area contributed by atoms with E-state index in [-0.39, 0.29) is 5.41 Å². The van der Waals surface area contributed by atoms with Crippen molar-refractivity contribution in [2.45, 2.75) is 19.3 Å². The molecule has 0 radical (unpaired) electrons. The molecule has 0 bridgehead atoms. The Hall–Kier alpha value is -8.67. The maximum atomic E-state index is 6.33. The summed E-state index contributed by atoms with van der Waals surface area (Å²) < 4.78 is 8.78. The molecule has 0 unspecified atom stereocenters. The van der Waals surface area contributed by atoms with Crippen molar-refractivity contribution in [3.8, 4) is 62.1 Å². The normalized spacial score (nSPS) is 13.0. The van der Waals surface area contributed by atoms with Gasteiger partial charge < -0.3 is 8.98 Å². The zero-order valence-electron chi connectivity index (χ0n) is 36.8. The Labute approximate surface area is 386 Å². The van der Waals surface area contributed by atoms with Crippen LogP contribution in [0.4, 0.5) is 0 Å². The van der Waals surface area contributed by atoms with Crippen molar-refractivity contribution in [2.75, 3.05) is 0 Å². The van der Waals surface area contributed by atoms with Crippen LogP contribution in [0, 0.1) is 0 Å². The summed E-state index contributed by atoms with van der Waals surface area (Å²) in [6.07, 6.45) is 0. The summed E-state index contributed by atoms with van der Waals surface area (Å²) in [4.78, 5) is 15.5. The Balaban J connectivity index is 0.986. The van der Waals surface area contributed by atoms with Crippen molar-refractivity contribution >= 4 is 65.3 Å². The second-order valence-corrected chi connectivity index (χ2v) is 18.4. The highest BCUT2D eigenvalue weighted by Gasteiger charge is 2.36. The van der Waals surface area contributed by atoms with Gasteiger partial charge in [-0.2, -0.15) is 0 Å². The van der Waals surface area contributed by atoms with Crippen molar-refractivity contribution in [2.24, 2.45) is 0 Å². The maximum absolute atomic E-state index is 6.33. The minimum absolute atomic E-state index is 0.121. The second-order valence-electron chi connectivity index (χ2n) is 18.4. The molecule has 0 N–H and O–H groups in total. The average Bonchev–Trinajstić information content (AvgIpc) is 4.00. The highest BCUT2D eigenvalue weighted by molar-refractivity contribution is 6.17. The average molecular weight is 857 g/mol. The van der Waals surface area contributed by atoms with Gasteiger partial charge in [0.2, 0.25) is 0 Å². The predicted molar refractivity (Wildman–Crippen MR) is 276 cm³/mol. The van der Waals surface area contributed by atoms with Crippen LogP contribution in [-0.2, 0) is 5.41 Å². The number of nitrogens with zero attached hydrogens (tertiary/aromatic N) is 4. The minimum Gasteiger partial charge on any atom is -0.456 e. The van der Waals surface area contributed by atoms with Crippen LogP contribution in [0.15, 0.2) is 211 Å². The Morgan fingerprint density at radius 2 is 1.01 bits per heavy atom. The van der Waals surface area contributed by atoms with Gasteiger partial charge in [-0.15, -0.1) is 0 Å². The van der Waals surface area contributed by atoms with Gasteiger partial charge in [-0.1, -0.05) is 172 Å². The minimum atomic E-state index is -0.121. The van der Waals surface area contributed by atoms with Gasteiger partial charge >= 0.3 is 0 Å². The summed E-state index contributed by atoms with van der Waals surface area (Å²) in [6.45, 7) is 4.72. The van der Waals surface area contributed by atoms with Crippen LogP contribution in [0.25, 0.3) is 127 Å². The number of rotatable bonds is 5. The van der Waals surface area contributed by atoms with Gasteiger partial charge in [0.25, 0.3) is 0 Å². The van der Waals surface area contributed by atoms with Gasteiger partial charge in [0, 0.05) is 54.9 Å². The molecule has 0 spiro atoms. The molecule has 3 aromatic heterocycles. The third-order valence-electron chi connectivity index (χ3n) is 14.2. The van der Waals surface area contributed by atoms with E-state index in [1.165, 1.54) is 65.7 Å². The summed E-state index contributed by atoms with van der Waals surface area (Å²) in [5.74, 6) is 1.78. The quantitative estimate of drug-likeness (QED) is 0.173. The van der Waals surface area contributed by atoms with E-state index in [9.17, 15) is 0 Å². The largest absolute Gasteiger partial charge is 0.456 e. The van der Waals surface area contributed by atoms with Crippen LogP contribution in [0.3, 0.4) is 0 Å². The van der Waals surface area contributed by atoms with Crippen LogP contribution in [0.5, 0.6) is 0 Å². The third kappa shape index (κ3) is 5.71. The summed E-state index contributed by atoms with van der Waals surface area (Å²) in [5, 5.41) is 9.51. The molecule has 5 nitrogen and oxygen atoms in total. The highest BCUT2D eigenvalue weighted by atomic mass is 16.3. The number of fused-ring (bicyclic) bond motifs is 12. The molecular formula is C62H40N4O. The topological polar surface area (TPSA) is 56.7 Å². The molecule has 1 aliphatic carbocycles. The van der Waals surface area contributed by atoms with Crippen LogP contribution in [-0.4, -0.2) is 19.5 Å². The van der Waals surface area contributed by atoms with Gasteiger partial charge in [0.05, 0.1) is 11.0 Å². The summed E-state index contributed by atoms with van der Waals surface area (Å²) in [5.41, 5.74) is 15.2. The van der Waals surface area contributed by atoms with Crippen LogP contribution in [0.1, 0.15) is 25.0 Å². The van der Waals surface area contributed by atoms with E-state index >= 15 is 0 Å². The van der Waals surface area contributed by atoms with Crippen LogP contribution >= 0.6 is 0 Å². The Morgan fingerprint density at radius 1 is 0.388 bits per heavy atom. The molecule has 0 saturated carbocycles. The zero-order valence-corrected chi connectivity index (χ0v) is 36.8. The zero-order chi connectivity index (χ0) is 44.4. The van der Waals surface area contributed by atoms with Gasteiger partial charge in [-0.25, -0.2) is 15.0 Å². The highest BCUT2D eigenvalue weighted by Crippen LogP contribution is 2.53. The van der Waals surface area contributed by atoms with Crippen molar-refractivity contribution in [1.82, 2.24) is 19.5 Å². The molecule has 0 atom stereocenters. The molecule has 10 aromatic carbocycles. The monoisotopic (exact) mass is 856 g/mol. The fraction of sp³-hybridized carbons (Fsp3) is 0.0484. The molecule has 0 amide bonds. The second kappa shape index (κ2) is 14.2. The lowest BCUT2D eigenvalue weighted by molar-refractivity contribution is 0.661. The fourth-order valence-electron chi connectivity index (χ4n) is 10.9. The molecule has 67 heavy (non-hydrogen) atoms. The Kier molecular flexibility index (Phi) is 7.97. The summed E-state index contributed by atoms with van der Waals surface area (Å²) >= 11 is 0. The SMILES string of the molecule is CC1(C)c2ccc(-c3cccc4c5cc6ccccc6cc5n(-c5cccc(-c6nc(-c7ccccc7)nc(-c7ccc8c(c7)oc7ccccc78)n6)c5)c34)cc2-c2c1ccc1ccccc21. The molecule has 3 heterocycles. The number of hydrogen-bond acceptors (Lipinski definition) is 4. The van der Waals surface area contributed by atoms with Crippen molar-refractivity contribution < 1.29 is 4.42 Å². The lowest BCUT2D eigenvalue weighted by atomic mass is 9.82. The lowest BCUT2D eigenvalue weighted by Crippen LogP contribution is -2.14. The molecule has 13 aromatic rings. The first-order valence-electron chi connectivity index (χ1n) is 22.9. The van der Waals surface area contributed by atoms with Crippen molar-refractivity contribution in [3.63, 3.8) is 0 Å². The first kappa shape index (κ1) is 37.7. The first-order valence-corrected chi connectivity index (χ1v) is 22.9. The number of furan rings is 1. The first-order chi connectivity index (χ1) is 32.9. The van der Waals surface area contributed by atoms with Gasteiger partial charge in [0.1, 0.15) is 11.2 Å². The van der Waals surface area contributed by atoms with Crippen molar-refractivity contribution in [1.29, 1.82) is 0 Å². The van der Waals surface area contributed by atoms with Gasteiger partial charge in [0.15, 0.2) is 17.5 Å². The van der Waals surface area contributed by atoms with Crippen LogP contribution < -0.4 is 0 Å². The van der Waals surface area contributed by atoms with E-state index < -0.39 is 0 Å². The van der Waals surface area contributed by atoms with Gasteiger partial charge in [-0.3, -0.25) is 0 Å². The predicted octanol–water partition coefficient (Wildman–Crippen LogP) is 16.1. The molecule has 1 aliphatic rings. The number of aromatic nitrogens is 4. The molecular weight excluding hydrogens is 817 g/mol. The smallest absolute Gasteiger partial charge is 0.164 e. The Morgan fingerprint density at radius 3 is 1.85 bits per heavy atom. The molecule has 0 fully saturated rings. The molecule has 0 saturated heterocycles. The van der Waals surface area contributed by atoms with Crippen LogP contribution in [0.2, 0.25) is 0 Å². The number of hydrogen-bond donors (Lipinski definition) is 0. The molecule has 14 rings (SSSR count). The molecule has 314 valence electrons. The van der Waals surface area contributed by atoms with Crippen molar-refractivity contribution in [3.05, 3.63) is 217 Å². The number of para-hydroxylation sites is 2. The molecule has 5 heteroatoms.